The number of epoxide rings is 1. The highest BCUT2D eigenvalue weighted by molar-refractivity contribution is 5.83. The zero-order valence-electron chi connectivity index (χ0n) is 28.5. The van der Waals surface area contributed by atoms with E-state index < -0.39 is 0 Å². The number of esters is 2. The van der Waals surface area contributed by atoms with E-state index >= 15 is 0 Å². The summed E-state index contributed by atoms with van der Waals surface area (Å²) >= 11 is 0. The standard InChI is InChI=1S/C19H34O2.C17H28O3/c1-15(2)21-18(20)14-17(4)11-8-10-16(3)12-9-13-19(5,6)7;1-6-14(10-11-15-17(3,4)20-15)9-7-8-13(2)12-16(18)19-5/h8,11,14-16H,9-10,12-13H2,1-7H3;9,12,15H,6-8,10-11H2,1-5H3/b11-8+,17-14+;13-12+,14-9+. The Balaban J connectivity index is 0.000000781. The lowest BCUT2D eigenvalue weighted by Crippen LogP contribution is -2.08. The van der Waals surface area contributed by atoms with E-state index in [1.54, 1.807) is 12.2 Å². The van der Waals surface area contributed by atoms with Crippen LogP contribution in [0, 0.1) is 11.3 Å². The summed E-state index contributed by atoms with van der Waals surface area (Å²) in [5.41, 5.74) is 4.03. The van der Waals surface area contributed by atoms with Gasteiger partial charge in [0.1, 0.15) is 0 Å². The van der Waals surface area contributed by atoms with Crippen molar-refractivity contribution in [2.75, 3.05) is 7.11 Å². The predicted molar refractivity (Wildman–Crippen MR) is 173 cm³/mol. The molecule has 0 aliphatic carbocycles. The average molecular weight is 575 g/mol. The van der Waals surface area contributed by atoms with Crippen molar-refractivity contribution in [2.24, 2.45) is 11.3 Å². The predicted octanol–water partition coefficient (Wildman–Crippen LogP) is 9.86. The van der Waals surface area contributed by atoms with E-state index in [0.29, 0.717) is 17.4 Å². The Hall–Kier alpha value is -2.14. The molecular formula is C36H62O5. The van der Waals surface area contributed by atoms with Gasteiger partial charge >= 0.3 is 11.9 Å². The highest BCUT2D eigenvalue weighted by atomic mass is 16.6. The summed E-state index contributed by atoms with van der Waals surface area (Å²) in [6.45, 7) is 23.3. The fourth-order valence-electron chi connectivity index (χ4n) is 4.40. The maximum absolute atomic E-state index is 11.5. The van der Waals surface area contributed by atoms with Gasteiger partial charge in [0.15, 0.2) is 0 Å². The second kappa shape index (κ2) is 19.9. The van der Waals surface area contributed by atoms with Crippen molar-refractivity contribution in [3.63, 3.8) is 0 Å². The number of carbonyl (C=O) groups excluding carboxylic acids is 2. The van der Waals surface area contributed by atoms with E-state index in [1.807, 2.05) is 33.8 Å². The molecule has 1 aliphatic rings. The molecule has 0 aromatic carbocycles. The van der Waals surface area contributed by atoms with Crippen LogP contribution in [0.4, 0.5) is 0 Å². The Morgan fingerprint density at radius 3 is 2.17 bits per heavy atom. The van der Waals surface area contributed by atoms with Crippen LogP contribution in [0.1, 0.15) is 134 Å². The molecule has 0 N–H and O–H groups in total. The van der Waals surface area contributed by atoms with E-state index in [2.05, 4.69) is 65.4 Å². The summed E-state index contributed by atoms with van der Waals surface area (Å²) in [5, 5.41) is 0. The second-order valence-corrected chi connectivity index (χ2v) is 13.6. The first-order valence-electron chi connectivity index (χ1n) is 15.6. The maximum atomic E-state index is 11.5. The molecule has 0 aromatic rings. The van der Waals surface area contributed by atoms with Crippen LogP contribution in [0.3, 0.4) is 0 Å². The minimum absolute atomic E-state index is 0.0617. The molecule has 1 saturated heterocycles. The third kappa shape index (κ3) is 22.2. The van der Waals surface area contributed by atoms with Crippen molar-refractivity contribution in [3.8, 4) is 0 Å². The van der Waals surface area contributed by atoms with Gasteiger partial charge in [0.2, 0.25) is 0 Å². The van der Waals surface area contributed by atoms with Gasteiger partial charge in [-0.2, -0.15) is 0 Å². The number of carbonyl (C=O) groups is 2. The molecular weight excluding hydrogens is 512 g/mol. The van der Waals surface area contributed by atoms with Gasteiger partial charge in [-0.05, 0) is 103 Å². The van der Waals surface area contributed by atoms with Crippen molar-refractivity contribution in [3.05, 3.63) is 47.1 Å². The van der Waals surface area contributed by atoms with E-state index in [1.165, 1.54) is 31.9 Å². The number of rotatable bonds is 16. The molecule has 5 heteroatoms. The second-order valence-electron chi connectivity index (χ2n) is 13.6. The van der Waals surface area contributed by atoms with Crippen molar-refractivity contribution >= 4 is 11.9 Å². The molecule has 0 radical (unpaired) electrons. The molecule has 0 bridgehead atoms. The SMILES string of the molecule is CC(/C=C/CC(C)CCCC(C)(C)C)=C\C(=O)OC(C)C.CC/C(=C\CC/C(C)=C/C(=O)OC)CCC1OC1(C)C. The van der Waals surface area contributed by atoms with Crippen LogP contribution in [0.15, 0.2) is 47.1 Å². The zero-order valence-corrected chi connectivity index (χ0v) is 28.5. The largest absolute Gasteiger partial charge is 0.466 e. The molecule has 1 aliphatic heterocycles. The summed E-state index contributed by atoms with van der Waals surface area (Å²) in [5.74, 6) is 0.166. The summed E-state index contributed by atoms with van der Waals surface area (Å²) in [6.07, 6.45) is 20.1. The first kappa shape index (κ1) is 38.9. The van der Waals surface area contributed by atoms with Gasteiger partial charge in [-0.25, -0.2) is 9.59 Å². The van der Waals surface area contributed by atoms with Gasteiger partial charge in [0.05, 0.1) is 24.9 Å². The Labute approximate surface area is 252 Å². The van der Waals surface area contributed by atoms with E-state index in [4.69, 9.17) is 9.47 Å². The Bertz CT molecular complexity index is 895. The van der Waals surface area contributed by atoms with Crippen molar-refractivity contribution in [1.29, 1.82) is 0 Å². The maximum Gasteiger partial charge on any atom is 0.331 e. The van der Waals surface area contributed by atoms with Crippen molar-refractivity contribution in [1.82, 2.24) is 0 Å². The molecule has 0 saturated carbocycles. The van der Waals surface area contributed by atoms with Gasteiger partial charge < -0.3 is 14.2 Å². The molecule has 41 heavy (non-hydrogen) atoms. The highest BCUT2D eigenvalue weighted by Gasteiger charge is 2.46. The lowest BCUT2D eigenvalue weighted by molar-refractivity contribution is -0.141. The fraction of sp³-hybridized carbons (Fsp3) is 0.722. The first-order chi connectivity index (χ1) is 19.0. The summed E-state index contributed by atoms with van der Waals surface area (Å²) in [7, 11) is 1.41. The summed E-state index contributed by atoms with van der Waals surface area (Å²) in [4.78, 5) is 22.6. The summed E-state index contributed by atoms with van der Waals surface area (Å²) < 4.78 is 15.3. The van der Waals surface area contributed by atoms with Crippen LogP contribution in [0.25, 0.3) is 0 Å². The smallest absolute Gasteiger partial charge is 0.331 e. The highest BCUT2D eigenvalue weighted by Crippen LogP contribution is 2.39. The minimum atomic E-state index is -0.268. The molecule has 0 spiro atoms. The van der Waals surface area contributed by atoms with Crippen LogP contribution in [0.5, 0.6) is 0 Å². The lowest BCUT2D eigenvalue weighted by Gasteiger charge is -2.18. The monoisotopic (exact) mass is 574 g/mol. The quantitative estimate of drug-likeness (QED) is 0.0603. The van der Waals surface area contributed by atoms with E-state index in [-0.39, 0.29) is 23.6 Å². The summed E-state index contributed by atoms with van der Waals surface area (Å²) in [6, 6.07) is 0. The topological polar surface area (TPSA) is 65.1 Å². The Kier molecular flexibility index (Phi) is 18.8. The Morgan fingerprint density at radius 2 is 1.66 bits per heavy atom. The van der Waals surface area contributed by atoms with Gasteiger partial charge in [-0.3, -0.25) is 0 Å². The van der Waals surface area contributed by atoms with Gasteiger partial charge in [0.25, 0.3) is 0 Å². The van der Waals surface area contributed by atoms with Crippen LogP contribution >= 0.6 is 0 Å². The molecule has 1 heterocycles. The molecule has 5 nitrogen and oxygen atoms in total. The molecule has 1 fully saturated rings. The van der Waals surface area contributed by atoms with Crippen LogP contribution in [-0.4, -0.2) is 36.9 Å². The number of hydrogen-bond donors (Lipinski definition) is 0. The lowest BCUT2D eigenvalue weighted by atomic mass is 9.87. The van der Waals surface area contributed by atoms with Crippen LogP contribution in [-0.2, 0) is 23.8 Å². The molecule has 0 aromatic heterocycles. The number of allylic oxidation sites excluding steroid dienone is 6. The first-order valence-corrected chi connectivity index (χ1v) is 15.6. The molecule has 0 amide bonds. The average Bonchev–Trinajstić information content (AvgIpc) is 3.46. The molecule has 236 valence electrons. The third-order valence-corrected chi connectivity index (χ3v) is 7.12. The van der Waals surface area contributed by atoms with Crippen LogP contribution in [0.2, 0.25) is 0 Å². The fourth-order valence-corrected chi connectivity index (χ4v) is 4.40. The molecule has 2 unspecified atom stereocenters. The van der Waals surface area contributed by atoms with Crippen molar-refractivity contribution < 1.29 is 23.8 Å². The zero-order chi connectivity index (χ0) is 31.6. The van der Waals surface area contributed by atoms with E-state index in [9.17, 15) is 9.59 Å². The molecule has 2 atom stereocenters. The minimum Gasteiger partial charge on any atom is -0.466 e. The van der Waals surface area contributed by atoms with E-state index in [0.717, 1.165) is 49.7 Å². The van der Waals surface area contributed by atoms with Gasteiger partial charge in [-0.15, -0.1) is 0 Å². The number of methoxy groups -OCH3 is 1. The number of ether oxygens (including phenoxy) is 3. The third-order valence-electron chi connectivity index (χ3n) is 7.12. The van der Waals surface area contributed by atoms with Crippen LogP contribution < -0.4 is 0 Å². The molecule has 1 rings (SSSR count). The number of hydrogen-bond acceptors (Lipinski definition) is 5. The van der Waals surface area contributed by atoms with Gasteiger partial charge in [0, 0.05) is 12.2 Å². The van der Waals surface area contributed by atoms with Gasteiger partial charge in [-0.1, -0.05) is 76.8 Å². The normalized spacial score (nSPS) is 18.2. The Morgan fingerprint density at radius 1 is 1.02 bits per heavy atom. The van der Waals surface area contributed by atoms with Crippen molar-refractivity contribution in [2.45, 2.75) is 152 Å².